The van der Waals surface area contributed by atoms with E-state index >= 15 is 0 Å². The zero-order valence-corrected chi connectivity index (χ0v) is 14.8. The number of hydrogen-bond donors (Lipinski definition) is 3. The summed E-state index contributed by atoms with van der Waals surface area (Å²) in [5, 5.41) is 23.0. The molecule has 2 atom stereocenters. The molecule has 0 aromatic heterocycles. The molecule has 0 heterocycles. The number of carbonyl (C=O) groups excluding carboxylic acids is 1. The topological polar surface area (TPSA) is 97.3 Å². The molecule has 1 amide bonds. The maximum Gasteiger partial charge on any atom is 0.407 e. The summed E-state index contributed by atoms with van der Waals surface area (Å²) in [6.07, 6.45) is -3.76. The van der Waals surface area contributed by atoms with Crippen molar-refractivity contribution in [1.29, 1.82) is 0 Å². The van der Waals surface area contributed by atoms with Crippen LogP contribution in [0.2, 0.25) is 0 Å². The van der Waals surface area contributed by atoms with Crippen LogP contribution in [0.15, 0.2) is 24.3 Å². The summed E-state index contributed by atoms with van der Waals surface area (Å²) in [6, 6.07) is 6.92. The van der Waals surface area contributed by atoms with Crippen LogP contribution >= 0.6 is 0 Å². The van der Waals surface area contributed by atoms with E-state index in [1.807, 2.05) is 0 Å². The third-order valence-corrected chi connectivity index (χ3v) is 3.22. The van der Waals surface area contributed by atoms with Crippen molar-refractivity contribution in [1.82, 2.24) is 5.32 Å². The summed E-state index contributed by atoms with van der Waals surface area (Å²) in [5.74, 6) is 0. The number of methoxy groups -OCH3 is 2. The van der Waals surface area contributed by atoms with Gasteiger partial charge >= 0.3 is 6.09 Å². The first kappa shape index (κ1) is 20.4. The Hall–Kier alpha value is -1.67. The van der Waals surface area contributed by atoms with Crippen LogP contribution in [-0.4, -0.2) is 48.8 Å². The third-order valence-electron chi connectivity index (χ3n) is 3.22. The minimum absolute atomic E-state index is 0.158. The maximum atomic E-state index is 11.6. The minimum Gasteiger partial charge on any atom is -0.444 e. The number of rotatable bonds is 7. The van der Waals surface area contributed by atoms with Crippen molar-refractivity contribution in [3.8, 4) is 0 Å². The molecule has 24 heavy (non-hydrogen) atoms. The molecule has 7 heteroatoms. The zero-order chi connectivity index (χ0) is 18.3. The van der Waals surface area contributed by atoms with E-state index in [1.165, 1.54) is 14.2 Å². The van der Waals surface area contributed by atoms with E-state index in [4.69, 9.17) is 14.2 Å². The third kappa shape index (κ3) is 6.09. The van der Waals surface area contributed by atoms with Crippen molar-refractivity contribution >= 4 is 6.09 Å². The first-order chi connectivity index (χ1) is 11.2. The average molecular weight is 341 g/mol. The average Bonchev–Trinajstić information content (AvgIpc) is 2.52. The number of carbonyl (C=O) groups is 1. The van der Waals surface area contributed by atoms with Crippen molar-refractivity contribution in [3.63, 3.8) is 0 Å². The summed E-state index contributed by atoms with van der Waals surface area (Å²) < 4.78 is 15.5. The molecule has 0 radical (unpaired) electrons. The van der Waals surface area contributed by atoms with Gasteiger partial charge in [-0.25, -0.2) is 4.79 Å². The second-order valence-electron chi connectivity index (χ2n) is 6.33. The molecule has 2 unspecified atom stereocenters. The van der Waals surface area contributed by atoms with Crippen molar-refractivity contribution in [2.45, 2.75) is 44.9 Å². The molecule has 136 valence electrons. The summed E-state index contributed by atoms with van der Waals surface area (Å²) in [4.78, 5) is 11.6. The summed E-state index contributed by atoms with van der Waals surface area (Å²) in [7, 11) is 2.97. The highest BCUT2D eigenvalue weighted by atomic mass is 16.7. The zero-order valence-electron chi connectivity index (χ0n) is 14.8. The smallest absolute Gasteiger partial charge is 0.407 e. The molecule has 1 rings (SSSR count). The molecule has 0 aliphatic carbocycles. The minimum atomic E-state index is -1.22. The Bertz CT molecular complexity index is 524. The molecule has 7 nitrogen and oxygen atoms in total. The Labute approximate surface area is 142 Å². The van der Waals surface area contributed by atoms with Gasteiger partial charge < -0.3 is 29.7 Å². The summed E-state index contributed by atoms with van der Waals surface area (Å²) >= 11 is 0. The SMILES string of the molecule is COC(OC)c1ccccc1C(O)C(O)CNC(=O)OC(C)(C)C. The van der Waals surface area contributed by atoms with E-state index in [2.05, 4.69) is 5.32 Å². The Morgan fingerprint density at radius 2 is 1.67 bits per heavy atom. The molecular weight excluding hydrogens is 314 g/mol. The number of hydrogen-bond acceptors (Lipinski definition) is 6. The van der Waals surface area contributed by atoms with Crippen molar-refractivity contribution in [2.24, 2.45) is 0 Å². The fourth-order valence-corrected chi connectivity index (χ4v) is 2.17. The standard InChI is InChI=1S/C17H27NO6/c1-17(2,3)24-16(21)18-10-13(19)14(20)11-8-6-7-9-12(11)15(22-4)23-5/h6-9,13-15,19-20H,10H2,1-5H3,(H,18,21). The van der Waals surface area contributed by atoms with Gasteiger partial charge in [-0.1, -0.05) is 24.3 Å². The van der Waals surface area contributed by atoms with Crippen molar-refractivity contribution < 1.29 is 29.2 Å². The predicted octanol–water partition coefficient (Wildman–Crippen LogP) is 1.90. The highest BCUT2D eigenvalue weighted by Gasteiger charge is 2.25. The Kier molecular flexibility index (Phi) is 7.62. The molecule has 1 aromatic carbocycles. The van der Waals surface area contributed by atoms with E-state index in [0.717, 1.165) is 0 Å². The Balaban J connectivity index is 2.76. The quantitative estimate of drug-likeness (QED) is 0.655. The van der Waals surface area contributed by atoms with Crippen molar-refractivity contribution in [2.75, 3.05) is 20.8 Å². The number of ether oxygens (including phenoxy) is 3. The van der Waals surface area contributed by atoms with Gasteiger partial charge in [-0.15, -0.1) is 0 Å². The number of amides is 1. The van der Waals surface area contributed by atoms with Crippen LogP contribution in [0.5, 0.6) is 0 Å². The lowest BCUT2D eigenvalue weighted by molar-refractivity contribution is -0.108. The highest BCUT2D eigenvalue weighted by molar-refractivity contribution is 5.67. The fraction of sp³-hybridized carbons (Fsp3) is 0.588. The molecule has 0 spiro atoms. The van der Waals surface area contributed by atoms with Crippen molar-refractivity contribution in [3.05, 3.63) is 35.4 Å². The van der Waals surface area contributed by atoms with Gasteiger partial charge in [-0.05, 0) is 26.3 Å². The van der Waals surface area contributed by atoms with Gasteiger partial charge in [0.2, 0.25) is 0 Å². The Morgan fingerprint density at radius 1 is 1.12 bits per heavy atom. The van der Waals surface area contributed by atoms with Crippen LogP contribution in [0, 0.1) is 0 Å². The number of alkyl carbamates (subject to hydrolysis) is 1. The van der Waals surface area contributed by atoms with E-state index in [9.17, 15) is 15.0 Å². The lowest BCUT2D eigenvalue weighted by Crippen LogP contribution is -2.39. The lowest BCUT2D eigenvalue weighted by atomic mass is 9.98. The number of nitrogens with one attached hydrogen (secondary N) is 1. The molecule has 1 aromatic rings. The van der Waals surface area contributed by atoms with Crippen LogP contribution < -0.4 is 5.32 Å². The fourth-order valence-electron chi connectivity index (χ4n) is 2.17. The normalized spacial score (nSPS) is 14.3. The number of benzene rings is 1. The molecular formula is C17H27NO6. The van der Waals surface area contributed by atoms with Crippen LogP contribution in [0.1, 0.15) is 44.3 Å². The van der Waals surface area contributed by atoms with Crippen LogP contribution in [-0.2, 0) is 14.2 Å². The lowest BCUT2D eigenvalue weighted by Gasteiger charge is -2.25. The van der Waals surface area contributed by atoms with Gasteiger partial charge in [-0.2, -0.15) is 0 Å². The van der Waals surface area contributed by atoms with E-state index < -0.39 is 30.2 Å². The van der Waals surface area contributed by atoms with E-state index in [1.54, 1.807) is 45.0 Å². The summed E-state index contributed by atoms with van der Waals surface area (Å²) in [6.45, 7) is 5.06. The van der Waals surface area contributed by atoms with E-state index in [0.29, 0.717) is 11.1 Å². The maximum absolute atomic E-state index is 11.6. The van der Waals surface area contributed by atoms with Gasteiger partial charge in [0, 0.05) is 26.3 Å². The van der Waals surface area contributed by atoms with Gasteiger partial charge in [0.15, 0.2) is 6.29 Å². The second-order valence-corrected chi connectivity index (χ2v) is 6.33. The highest BCUT2D eigenvalue weighted by Crippen LogP contribution is 2.28. The molecule has 0 aliphatic rings. The van der Waals surface area contributed by atoms with Gasteiger partial charge in [0.25, 0.3) is 0 Å². The first-order valence-electron chi connectivity index (χ1n) is 7.67. The van der Waals surface area contributed by atoms with E-state index in [-0.39, 0.29) is 6.54 Å². The second kappa shape index (κ2) is 8.98. The molecule has 0 fully saturated rings. The largest absolute Gasteiger partial charge is 0.444 e. The Morgan fingerprint density at radius 3 is 2.17 bits per heavy atom. The molecule has 3 N–H and O–H groups in total. The van der Waals surface area contributed by atoms with Crippen LogP contribution in [0.3, 0.4) is 0 Å². The van der Waals surface area contributed by atoms with Gasteiger partial charge in [0.1, 0.15) is 17.8 Å². The predicted molar refractivity (Wildman–Crippen MR) is 88.4 cm³/mol. The monoisotopic (exact) mass is 341 g/mol. The molecule has 0 saturated carbocycles. The number of aliphatic hydroxyl groups is 2. The van der Waals surface area contributed by atoms with Gasteiger partial charge in [0.05, 0.1) is 0 Å². The summed E-state index contributed by atoms with van der Waals surface area (Å²) in [5.41, 5.74) is 0.431. The molecule has 0 bridgehead atoms. The first-order valence-corrected chi connectivity index (χ1v) is 7.67. The van der Waals surface area contributed by atoms with Gasteiger partial charge in [-0.3, -0.25) is 0 Å². The molecule has 0 saturated heterocycles. The number of aliphatic hydroxyl groups excluding tert-OH is 2. The van der Waals surface area contributed by atoms with Crippen LogP contribution in [0.25, 0.3) is 0 Å². The van der Waals surface area contributed by atoms with Crippen LogP contribution in [0.4, 0.5) is 4.79 Å². The molecule has 0 aliphatic heterocycles.